The molecule has 0 bridgehead atoms. The van der Waals surface area contributed by atoms with Gasteiger partial charge in [0.1, 0.15) is 22.3 Å². The number of hydrogen-bond donors (Lipinski definition) is 0. The van der Waals surface area contributed by atoms with Crippen LogP contribution < -0.4 is 4.90 Å². The summed E-state index contributed by atoms with van der Waals surface area (Å²) in [7, 11) is 0. The van der Waals surface area contributed by atoms with E-state index in [9.17, 15) is 0 Å². The zero-order valence-corrected chi connectivity index (χ0v) is 26.5. The van der Waals surface area contributed by atoms with Gasteiger partial charge in [0, 0.05) is 32.9 Å². The van der Waals surface area contributed by atoms with Crippen LogP contribution in [0.1, 0.15) is 0 Å². The Balaban J connectivity index is 1.13. The Hall–Kier alpha value is -6.58. The van der Waals surface area contributed by atoms with Crippen molar-refractivity contribution in [1.29, 1.82) is 0 Å². The van der Waals surface area contributed by atoms with Crippen molar-refractivity contribution in [2.24, 2.45) is 0 Å². The SMILES string of the molecule is c1ccc(-c2ccc(N(c3ccc(-c4ccc5c(c4)oc4ccccc45)cc3)c3cccc4oc5c6ccccc6ccc5c34)cc2)cc1. The van der Waals surface area contributed by atoms with Crippen LogP contribution >= 0.6 is 0 Å². The molecule has 10 rings (SSSR count). The Morgan fingerprint density at radius 1 is 0.347 bits per heavy atom. The second kappa shape index (κ2) is 11.0. The van der Waals surface area contributed by atoms with Crippen LogP contribution in [0.5, 0.6) is 0 Å². The van der Waals surface area contributed by atoms with E-state index in [0.29, 0.717) is 0 Å². The number of furan rings is 2. The first kappa shape index (κ1) is 27.5. The third kappa shape index (κ3) is 4.51. The fourth-order valence-electron chi connectivity index (χ4n) is 7.29. The monoisotopic (exact) mass is 627 g/mol. The number of hydrogen-bond acceptors (Lipinski definition) is 3. The Morgan fingerprint density at radius 2 is 0.939 bits per heavy atom. The fraction of sp³-hybridized carbons (Fsp3) is 0. The number of fused-ring (bicyclic) bond motifs is 8. The van der Waals surface area contributed by atoms with Crippen LogP contribution in [0, 0.1) is 0 Å². The number of nitrogens with zero attached hydrogens (tertiary/aromatic N) is 1. The lowest BCUT2D eigenvalue weighted by Crippen LogP contribution is -2.10. The fourth-order valence-corrected chi connectivity index (χ4v) is 7.29. The van der Waals surface area contributed by atoms with Gasteiger partial charge in [-0.25, -0.2) is 0 Å². The lowest BCUT2D eigenvalue weighted by atomic mass is 10.0. The summed E-state index contributed by atoms with van der Waals surface area (Å²) >= 11 is 0. The van der Waals surface area contributed by atoms with E-state index in [1.54, 1.807) is 0 Å². The summed E-state index contributed by atoms with van der Waals surface area (Å²) in [6, 6.07) is 62.0. The molecule has 0 unspecified atom stereocenters. The summed E-state index contributed by atoms with van der Waals surface area (Å²) in [4.78, 5) is 2.34. The van der Waals surface area contributed by atoms with Gasteiger partial charge in [-0.3, -0.25) is 0 Å². The predicted octanol–water partition coefficient (Wildman–Crippen LogP) is 13.4. The molecule has 0 saturated heterocycles. The second-order valence-electron chi connectivity index (χ2n) is 12.5. The smallest absolute Gasteiger partial charge is 0.143 e. The molecule has 0 atom stereocenters. The molecule has 8 aromatic carbocycles. The molecule has 0 spiro atoms. The van der Waals surface area contributed by atoms with Crippen LogP contribution in [0.3, 0.4) is 0 Å². The molecule has 0 aliphatic rings. The minimum Gasteiger partial charge on any atom is -0.456 e. The van der Waals surface area contributed by atoms with Gasteiger partial charge in [-0.15, -0.1) is 0 Å². The number of para-hydroxylation sites is 1. The first-order valence-electron chi connectivity index (χ1n) is 16.6. The highest BCUT2D eigenvalue weighted by atomic mass is 16.3. The Morgan fingerprint density at radius 3 is 1.73 bits per heavy atom. The van der Waals surface area contributed by atoms with Crippen molar-refractivity contribution in [1.82, 2.24) is 0 Å². The average molecular weight is 628 g/mol. The van der Waals surface area contributed by atoms with Crippen LogP contribution in [-0.4, -0.2) is 0 Å². The quantitative estimate of drug-likeness (QED) is 0.190. The van der Waals surface area contributed by atoms with Crippen LogP contribution in [0.25, 0.3) is 76.9 Å². The second-order valence-corrected chi connectivity index (χ2v) is 12.5. The molecule has 230 valence electrons. The van der Waals surface area contributed by atoms with Crippen molar-refractivity contribution in [2.75, 3.05) is 4.90 Å². The highest BCUT2D eigenvalue weighted by Crippen LogP contribution is 2.45. The minimum absolute atomic E-state index is 0.866. The lowest BCUT2D eigenvalue weighted by Gasteiger charge is -2.26. The van der Waals surface area contributed by atoms with Crippen LogP contribution in [0.4, 0.5) is 17.1 Å². The van der Waals surface area contributed by atoms with Crippen molar-refractivity contribution in [3.8, 4) is 22.3 Å². The van der Waals surface area contributed by atoms with Crippen molar-refractivity contribution in [2.45, 2.75) is 0 Å². The van der Waals surface area contributed by atoms with Crippen molar-refractivity contribution in [3.05, 3.63) is 176 Å². The van der Waals surface area contributed by atoms with Crippen LogP contribution in [0.2, 0.25) is 0 Å². The minimum atomic E-state index is 0.866. The van der Waals surface area contributed by atoms with E-state index in [2.05, 4.69) is 169 Å². The Bertz CT molecular complexity index is 2810. The first-order valence-corrected chi connectivity index (χ1v) is 16.6. The summed E-state index contributed by atoms with van der Waals surface area (Å²) in [5.41, 5.74) is 11.4. The average Bonchev–Trinajstić information content (AvgIpc) is 3.75. The van der Waals surface area contributed by atoms with Gasteiger partial charge < -0.3 is 13.7 Å². The van der Waals surface area contributed by atoms with Gasteiger partial charge in [-0.2, -0.15) is 0 Å². The van der Waals surface area contributed by atoms with Gasteiger partial charge in [0.25, 0.3) is 0 Å². The van der Waals surface area contributed by atoms with E-state index >= 15 is 0 Å². The van der Waals surface area contributed by atoms with E-state index in [4.69, 9.17) is 8.83 Å². The molecule has 49 heavy (non-hydrogen) atoms. The maximum Gasteiger partial charge on any atom is 0.143 e. The molecule has 10 aromatic rings. The van der Waals surface area contributed by atoms with Gasteiger partial charge in [0.15, 0.2) is 0 Å². The first-order chi connectivity index (χ1) is 24.3. The maximum atomic E-state index is 6.60. The van der Waals surface area contributed by atoms with Gasteiger partial charge >= 0.3 is 0 Å². The molecule has 3 heteroatoms. The van der Waals surface area contributed by atoms with Crippen molar-refractivity contribution in [3.63, 3.8) is 0 Å². The molecule has 2 aromatic heterocycles. The van der Waals surface area contributed by atoms with E-state index < -0.39 is 0 Å². The number of anilines is 3. The van der Waals surface area contributed by atoms with Gasteiger partial charge in [-0.05, 0) is 88.3 Å². The maximum absolute atomic E-state index is 6.60. The number of benzene rings is 8. The summed E-state index contributed by atoms with van der Waals surface area (Å²) < 4.78 is 12.8. The molecular weight excluding hydrogens is 599 g/mol. The third-order valence-corrected chi connectivity index (χ3v) is 9.68. The van der Waals surface area contributed by atoms with Crippen molar-refractivity contribution >= 4 is 71.7 Å². The molecule has 0 N–H and O–H groups in total. The number of rotatable bonds is 5. The summed E-state index contributed by atoms with van der Waals surface area (Å²) in [6.07, 6.45) is 0. The highest BCUT2D eigenvalue weighted by Gasteiger charge is 2.20. The third-order valence-electron chi connectivity index (χ3n) is 9.68. The molecule has 0 fully saturated rings. The van der Waals surface area contributed by atoms with Gasteiger partial charge in [0.05, 0.1) is 11.1 Å². The molecule has 2 heterocycles. The largest absolute Gasteiger partial charge is 0.456 e. The summed E-state index contributed by atoms with van der Waals surface area (Å²) in [6.45, 7) is 0. The van der Waals surface area contributed by atoms with E-state index in [1.165, 1.54) is 16.5 Å². The zero-order chi connectivity index (χ0) is 32.3. The summed E-state index contributed by atoms with van der Waals surface area (Å²) in [5.74, 6) is 0. The molecule has 0 saturated carbocycles. The van der Waals surface area contributed by atoms with Gasteiger partial charge in [-0.1, -0.05) is 115 Å². The molecule has 0 aliphatic heterocycles. The lowest BCUT2D eigenvalue weighted by molar-refractivity contribution is 0.669. The molecule has 0 amide bonds. The van der Waals surface area contributed by atoms with E-state index in [-0.39, 0.29) is 0 Å². The standard InChI is InChI=1S/C46H29NO2/c1-2-9-30(10-3-1)31-17-23-35(24-18-31)47(41-14-8-16-43-45(41)40-28-21-33-11-4-5-12-37(33)46(40)49-43)36-25-19-32(20-26-36)34-22-27-39-38-13-6-7-15-42(38)48-44(39)29-34/h1-29H. The topological polar surface area (TPSA) is 29.5 Å². The Labute approximate surface area is 282 Å². The normalized spacial score (nSPS) is 11.7. The predicted molar refractivity (Wildman–Crippen MR) is 204 cm³/mol. The van der Waals surface area contributed by atoms with E-state index in [0.717, 1.165) is 77.5 Å². The van der Waals surface area contributed by atoms with E-state index in [1.807, 2.05) is 12.1 Å². The van der Waals surface area contributed by atoms with Crippen molar-refractivity contribution < 1.29 is 8.83 Å². The Kier molecular flexibility index (Phi) is 6.18. The highest BCUT2D eigenvalue weighted by molar-refractivity contribution is 6.19. The molecule has 3 nitrogen and oxygen atoms in total. The summed E-state index contributed by atoms with van der Waals surface area (Å²) in [5, 5.41) is 6.75. The molecular formula is C46H29NO2. The molecule has 0 radical (unpaired) electrons. The molecule has 0 aliphatic carbocycles. The van der Waals surface area contributed by atoms with Crippen LogP contribution in [0.15, 0.2) is 185 Å². The zero-order valence-electron chi connectivity index (χ0n) is 26.5. The van der Waals surface area contributed by atoms with Crippen LogP contribution in [-0.2, 0) is 0 Å². The van der Waals surface area contributed by atoms with Gasteiger partial charge in [0.2, 0.25) is 0 Å².